The van der Waals surface area contributed by atoms with Crippen molar-refractivity contribution in [3.8, 4) is 22.5 Å². The lowest BCUT2D eigenvalue weighted by atomic mass is 10.1. The highest BCUT2D eigenvalue weighted by molar-refractivity contribution is 6.03. The van der Waals surface area contributed by atoms with Crippen LogP contribution in [0.3, 0.4) is 0 Å². The molecule has 0 fully saturated rings. The van der Waals surface area contributed by atoms with E-state index in [1.807, 2.05) is 49.5 Å². The summed E-state index contributed by atoms with van der Waals surface area (Å²) in [6.45, 7) is 0. The number of amides is 1. The van der Waals surface area contributed by atoms with Crippen LogP contribution < -0.4 is 5.32 Å². The van der Waals surface area contributed by atoms with Crippen LogP contribution in [0.1, 0.15) is 10.4 Å². The van der Waals surface area contributed by atoms with E-state index in [0.29, 0.717) is 5.82 Å². The van der Waals surface area contributed by atoms with Gasteiger partial charge >= 0.3 is 0 Å². The van der Waals surface area contributed by atoms with Crippen LogP contribution in [0.15, 0.2) is 79.0 Å². The lowest BCUT2D eigenvalue weighted by molar-refractivity contribution is 0.102. The Morgan fingerprint density at radius 3 is 2.43 bits per heavy atom. The van der Waals surface area contributed by atoms with Gasteiger partial charge in [0.1, 0.15) is 11.6 Å². The molecule has 0 spiro atoms. The first-order valence-corrected chi connectivity index (χ1v) is 8.73. The van der Waals surface area contributed by atoms with Gasteiger partial charge in [-0.1, -0.05) is 42.5 Å². The Labute approximate surface area is 161 Å². The summed E-state index contributed by atoms with van der Waals surface area (Å²) in [6, 6.07) is 21.3. The molecule has 1 amide bonds. The van der Waals surface area contributed by atoms with Crippen molar-refractivity contribution < 1.29 is 9.18 Å². The van der Waals surface area contributed by atoms with E-state index in [9.17, 15) is 9.18 Å². The van der Waals surface area contributed by atoms with Crippen molar-refractivity contribution in [2.24, 2.45) is 7.05 Å². The fraction of sp³-hybridized carbons (Fsp3) is 0.0455. The van der Waals surface area contributed by atoms with Crippen molar-refractivity contribution in [1.29, 1.82) is 0 Å². The summed E-state index contributed by atoms with van der Waals surface area (Å²) in [5.41, 5.74) is 3.65. The van der Waals surface area contributed by atoms with Gasteiger partial charge in [-0.2, -0.15) is 5.10 Å². The summed E-state index contributed by atoms with van der Waals surface area (Å²) >= 11 is 0. The molecule has 138 valence electrons. The smallest absolute Gasteiger partial charge is 0.259 e. The van der Waals surface area contributed by atoms with Crippen LogP contribution in [0.4, 0.5) is 10.2 Å². The molecule has 5 nitrogen and oxygen atoms in total. The lowest BCUT2D eigenvalue weighted by Crippen LogP contribution is -2.14. The fourth-order valence-electron chi connectivity index (χ4n) is 2.94. The zero-order valence-corrected chi connectivity index (χ0v) is 15.1. The minimum atomic E-state index is -0.569. The van der Waals surface area contributed by atoms with Gasteiger partial charge in [0.15, 0.2) is 0 Å². The second kappa shape index (κ2) is 7.44. The molecule has 0 aliphatic carbocycles. The van der Waals surface area contributed by atoms with Crippen LogP contribution in [0, 0.1) is 5.82 Å². The second-order valence-electron chi connectivity index (χ2n) is 6.27. The minimum Gasteiger partial charge on any atom is -0.306 e. The Hall–Kier alpha value is -3.80. The predicted octanol–water partition coefficient (Wildman–Crippen LogP) is 4.54. The van der Waals surface area contributed by atoms with E-state index in [0.717, 1.165) is 22.5 Å². The molecule has 2 heterocycles. The molecule has 0 saturated heterocycles. The molecule has 0 aliphatic heterocycles. The van der Waals surface area contributed by atoms with Gasteiger partial charge in [0.2, 0.25) is 0 Å². The number of hydrogen-bond acceptors (Lipinski definition) is 3. The molecule has 0 atom stereocenters. The third-order valence-electron chi connectivity index (χ3n) is 4.37. The van der Waals surface area contributed by atoms with E-state index in [4.69, 9.17) is 0 Å². The first-order valence-electron chi connectivity index (χ1n) is 8.73. The summed E-state index contributed by atoms with van der Waals surface area (Å²) in [7, 11) is 1.87. The molecule has 28 heavy (non-hydrogen) atoms. The van der Waals surface area contributed by atoms with E-state index in [1.165, 1.54) is 18.2 Å². The monoisotopic (exact) mass is 372 g/mol. The Morgan fingerprint density at radius 2 is 1.71 bits per heavy atom. The molecule has 2 aromatic heterocycles. The summed E-state index contributed by atoms with van der Waals surface area (Å²) in [5, 5.41) is 7.17. The largest absolute Gasteiger partial charge is 0.306 e. The number of nitrogens with zero attached hydrogens (tertiary/aromatic N) is 3. The van der Waals surface area contributed by atoms with Gasteiger partial charge in [-0.15, -0.1) is 0 Å². The van der Waals surface area contributed by atoms with Gasteiger partial charge in [0.25, 0.3) is 5.91 Å². The first kappa shape index (κ1) is 17.6. The average molecular weight is 372 g/mol. The SMILES string of the molecule is Cn1nc(-c2ccccc2)cc1-c1ccc(NC(=O)c2ccccc2F)nc1. The summed E-state index contributed by atoms with van der Waals surface area (Å²) in [4.78, 5) is 16.5. The summed E-state index contributed by atoms with van der Waals surface area (Å²) < 4.78 is 15.5. The molecular weight excluding hydrogens is 355 g/mol. The standard InChI is InChI=1S/C22H17FN4O/c1-27-20(13-19(26-27)15-7-3-2-4-8-15)16-11-12-21(24-14-16)25-22(28)17-9-5-6-10-18(17)23/h2-14H,1H3,(H,24,25,28). The highest BCUT2D eigenvalue weighted by Gasteiger charge is 2.13. The Kier molecular flexibility index (Phi) is 4.68. The zero-order chi connectivity index (χ0) is 19.5. The molecule has 0 aliphatic rings. The van der Waals surface area contributed by atoms with Crippen LogP contribution in [-0.2, 0) is 7.05 Å². The molecule has 0 radical (unpaired) electrons. The number of anilines is 1. The van der Waals surface area contributed by atoms with Crippen LogP contribution in [0.25, 0.3) is 22.5 Å². The van der Waals surface area contributed by atoms with Gasteiger partial charge in [-0.25, -0.2) is 9.37 Å². The van der Waals surface area contributed by atoms with Gasteiger partial charge in [-0.3, -0.25) is 9.48 Å². The Balaban J connectivity index is 1.55. The number of carbonyl (C=O) groups excluding carboxylic acids is 1. The van der Waals surface area contributed by atoms with Crippen molar-refractivity contribution >= 4 is 11.7 Å². The average Bonchev–Trinajstić information content (AvgIpc) is 3.11. The molecule has 4 aromatic rings. The molecule has 0 unspecified atom stereocenters. The number of pyridine rings is 1. The Morgan fingerprint density at radius 1 is 0.964 bits per heavy atom. The van der Waals surface area contributed by atoms with E-state index in [2.05, 4.69) is 15.4 Å². The molecule has 2 aromatic carbocycles. The number of nitrogens with one attached hydrogen (secondary N) is 1. The highest BCUT2D eigenvalue weighted by Crippen LogP contribution is 2.25. The Bertz CT molecular complexity index is 1120. The van der Waals surface area contributed by atoms with Crippen molar-refractivity contribution in [3.05, 3.63) is 90.4 Å². The van der Waals surface area contributed by atoms with Crippen LogP contribution in [0.2, 0.25) is 0 Å². The highest BCUT2D eigenvalue weighted by atomic mass is 19.1. The second-order valence-corrected chi connectivity index (χ2v) is 6.27. The van der Waals surface area contributed by atoms with Gasteiger partial charge in [0, 0.05) is 24.4 Å². The normalized spacial score (nSPS) is 10.6. The number of halogens is 1. The van der Waals surface area contributed by atoms with Gasteiger partial charge in [0.05, 0.1) is 17.0 Å². The van der Waals surface area contributed by atoms with Gasteiger partial charge in [-0.05, 0) is 30.3 Å². The molecule has 1 N–H and O–H groups in total. The molecule has 0 saturated carbocycles. The zero-order valence-electron chi connectivity index (χ0n) is 15.1. The number of rotatable bonds is 4. The fourth-order valence-corrected chi connectivity index (χ4v) is 2.94. The van der Waals surface area contributed by atoms with Crippen molar-refractivity contribution in [2.45, 2.75) is 0 Å². The number of hydrogen-bond donors (Lipinski definition) is 1. The third-order valence-corrected chi connectivity index (χ3v) is 4.37. The van der Waals surface area contributed by atoms with Crippen LogP contribution in [-0.4, -0.2) is 20.7 Å². The predicted molar refractivity (Wildman–Crippen MR) is 106 cm³/mol. The topological polar surface area (TPSA) is 59.8 Å². The van der Waals surface area contributed by atoms with E-state index in [1.54, 1.807) is 23.0 Å². The summed E-state index contributed by atoms with van der Waals surface area (Å²) in [5.74, 6) is -0.757. The van der Waals surface area contributed by atoms with Crippen molar-refractivity contribution in [3.63, 3.8) is 0 Å². The van der Waals surface area contributed by atoms with E-state index < -0.39 is 11.7 Å². The molecular formula is C22H17FN4O. The minimum absolute atomic E-state index is 0.0208. The molecule has 4 rings (SSSR count). The van der Waals surface area contributed by atoms with Crippen LogP contribution in [0.5, 0.6) is 0 Å². The van der Waals surface area contributed by atoms with E-state index in [-0.39, 0.29) is 5.56 Å². The molecule has 6 heteroatoms. The molecule has 0 bridgehead atoms. The number of benzene rings is 2. The maximum absolute atomic E-state index is 13.7. The number of carbonyl (C=O) groups is 1. The lowest BCUT2D eigenvalue weighted by Gasteiger charge is -2.06. The maximum atomic E-state index is 13.7. The summed E-state index contributed by atoms with van der Waals surface area (Å²) in [6.07, 6.45) is 1.66. The quantitative estimate of drug-likeness (QED) is 0.572. The number of aryl methyl sites for hydroxylation is 1. The van der Waals surface area contributed by atoms with Crippen LogP contribution >= 0.6 is 0 Å². The van der Waals surface area contributed by atoms with Gasteiger partial charge < -0.3 is 5.32 Å². The first-order chi connectivity index (χ1) is 13.6. The number of aromatic nitrogens is 3. The maximum Gasteiger partial charge on any atom is 0.259 e. The van der Waals surface area contributed by atoms with Crippen molar-refractivity contribution in [2.75, 3.05) is 5.32 Å². The van der Waals surface area contributed by atoms with E-state index >= 15 is 0 Å². The third kappa shape index (κ3) is 3.53. The van der Waals surface area contributed by atoms with Crippen molar-refractivity contribution in [1.82, 2.24) is 14.8 Å².